The fourth-order valence-corrected chi connectivity index (χ4v) is 2.08. The quantitative estimate of drug-likeness (QED) is 0.882. The number of rotatable bonds is 2. The lowest BCUT2D eigenvalue weighted by molar-refractivity contribution is 0.859. The van der Waals surface area contributed by atoms with Gasteiger partial charge in [0, 0.05) is 17.4 Å². The van der Waals surface area contributed by atoms with E-state index in [1.54, 1.807) is 6.20 Å². The molecule has 17 heavy (non-hydrogen) atoms. The first-order valence-corrected chi connectivity index (χ1v) is 5.89. The van der Waals surface area contributed by atoms with Gasteiger partial charge in [0.25, 0.3) is 0 Å². The molecule has 1 unspecified atom stereocenters. The van der Waals surface area contributed by atoms with Crippen molar-refractivity contribution in [3.8, 4) is 0 Å². The van der Waals surface area contributed by atoms with E-state index in [4.69, 9.17) is 17.3 Å². The molecule has 0 spiro atoms. The first-order chi connectivity index (χ1) is 8.09. The van der Waals surface area contributed by atoms with E-state index in [1.165, 1.54) is 0 Å². The van der Waals surface area contributed by atoms with Crippen LogP contribution in [-0.2, 0) is 0 Å². The molecule has 0 amide bonds. The normalized spacial score (nSPS) is 12.5. The molecule has 2 N–H and O–H groups in total. The van der Waals surface area contributed by atoms with Gasteiger partial charge in [0.2, 0.25) is 0 Å². The Kier molecular flexibility index (Phi) is 3.46. The predicted molar refractivity (Wildman–Crippen MR) is 71.2 cm³/mol. The number of benzene rings is 1. The third kappa shape index (κ3) is 2.48. The van der Waals surface area contributed by atoms with Crippen molar-refractivity contribution in [1.29, 1.82) is 0 Å². The van der Waals surface area contributed by atoms with Gasteiger partial charge in [0.05, 0.1) is 6.04 Å². The molecule has 3 heteroatoms. The molecule has 0 radical (unpaired) electrons. The van der Waals surface area contributed by atoms with E-state index in [1.807, 2.05) is 44.3 Å². The average molecular weight is 247 g/mol. The van der Waals surface area contributed by atoms with E-state index in [0.717, 1.165) is 27.3 Å². The summed E-state index contributed by atoms with van der Waals surface area (Å²) in [5, 5.41) is 0.738. The Hall–Kier alpha value is -1.38. The number of hydrogen-bond donors (Lipinski definition) is 1. The molecule has 2 rings (SSSR count). The van der Waals surface area contributed by atoms with Crippen LogP contribution < -0.4 is 5.73 Å². The van der Waals surface area contributed by atoms with Crippen molar-refractivity contribution in [1.82, 2.24) is 4.98 Å². The van der Waals surface area contributed by atoms with Crippen LogP contribution >= 0.6 is 11.6 Å². The van der Waals surface area contributed by atoms with Gasteiger partial charge in [0.15, 0.2) is 0 Å². The molecule has 88 valence electrons. The zero-order chi connectivity index (χ0) is 12.4. The molecule has 1 atom stereocenters. The Balaban J connectivity index is 2.44. The zero-order valence-corrected chi connectivity index (χ0v) is 10.7. The van der Waals surface area contributed by atoms with Crippen molar-refractivity contribution in [2.24, 2.45) is 5.73 Å². The molecule has 0 saturated carbocycles. The molecule has 0 bridgehead atoms. The van der Waals surface area contributed by atoms with E-state index in [2.05, 4.69) is 4.98 Å². The highest BCUT2D eigenvalue weighted by Gasteiger charge is 2.13. The van der Waals surface area contributed by atoms with E-state index in [0.29, 0.717) is 0 Å². The van der Waals surface area contributed by atoms with Crippen LogP contribution in [0.25, 0.3) is 0 Å². The van der Waals surface area contributed by atoms with Crippen LogP contribution in [0.3, 0.4) is 0 Å². The standard InChI is InChI=1S/C14H15ClN2/c1-9-6-11(8-17-7-9)14(16)12-5-3-4-10(2)13(12)15/h3-8,14H,16H2,1-2H3. The summed E-state index contributed by atoms with van der Waals surface area (Å²) in [6.07, 6.45) is 3.60. The minimum Gasteiger partial charge on any atom is -0.320 e. The molecule has 1 aromatic heterocycles. The summed E-state index contributed by atoms with van der Waals surface area (Å²) in [7, 11) is 0. The van der Waals surface area contributed by atoms with E-state index >= 15 is 0 Å². The maximum atomic E-state index is 6.28. The lowest BCUT2D eigenvalue weighted by atomic mass is 9.98. The largest absolute Gasteiger partial charge is 0.320 e. The highest BCUT2D eigenvalue weighted by Crippen LogP contribution is 2.28. The van der Waals surface area contributed by atoms with Crippen LogP contribution in [0.15, 0.2) is 36.7 Å². The first kappa shape index (κ1) is 12.1. The van der Waals surface area contributed by atoms with Crippen LogP contribution in [0, 0.1) is 13.8 Å². The fraction of sp³-hybridized carbons (Fsp3) is 0.214. The Bertz CT molecular complexity index is 537. The van der Waals surface area contributed by atoms with Crippen LogP contribution in [0.5, 0.6) is 0 Å². The second kappa shape index (κ2) is 4.86. The van der Waals surface area contributed by atoms with Gasteiger partial charge in [-0.3, -0.25) is 4.98 Å². The maximum absolute atomic E-state index is 6.28. The fourth-order valence-electron chi connectivity index (χ4n) is 1.84. The van der Waals surface area contributed by atoms with Gasteiger partial charge < -0.3 is 5.73 Å². The summed E-state index contributed by atoms with van der Waals surface area (Å²) in [6, 6.07) is 7.72. The van der Waals surface area contributed by atoms with Gasteiger partial charge in [-0.15, -0.1) is 0 Å². The highest BCUT2D eigenvalue weighted by atomic mass is 35.5. The third-order valence-corrected chi connectivity index (χ3v) is 3.33. The van der Waals surface area contributed by atoms with Crippen molar-refractivity contribution < 1.29 is 0 Å². The lowest BCUT2D eigenvalue weighted by Crippen LogP contribution is -2.13. The Labute approximate surface area is 106 Å². The molecule has 2 aromatic rings. The van der Waals surface area contributed by atoms with Crippen LogP contribution in [-0.4, -0.2) is 4.98 Å². The number of pyridine rings is 1. The highest BCUT2D eigenvalue weighted by molar-refractivity contribution is 6.32. The van der Waals surface area contributed by atoms with E-state index in [9.17, 15) is 0 Å². The van der Waals surface area contributed by atoms with E-state index < -0.39 is 0 Å². The Morgan fingerprint density at radius 1 is 1.24 bits per heavy atom. The van der Waals surface area contributed by atoms with Crippen LogP contribution in [0.4, 0.5) is 0 Å². The van der Waals surface area contributed by atoms with Crippen LogP contribution in [0.1, 0.15) is 28.3 Å². The average Bonchev–Trinajstić information content (AvgIpc) is 2.32. The number of aryl methyl sites for hydroxylation is 2. The van der Waals surface area contributed by atoms with Gasteiger partial charge in [-0.1, -0.05) is 35.9 Å². The van der Waals surface area contributed by atoms with Crippen molar-refractivity contribution >= 4 is 11.6 Å². The number of aromatic nitrogens is 1. The Morgan fingerprint density at radius 3 is 2.71 bits per heavy atom. The van der Waals surface area contributed by atoms with Gasteiger partial charge in [-0.05, 0) is 36.1 Å². The number of nitrogens with zero attached hydrogens (tertiary/aromatic N) is 1. The molecule has 2 nitrogen and oxygen atoms in total. The molecule has 0 aliphatic carbocycles. The number of hydrogen-bond acceptors (Lipinski definition) is 2. The Morgan fingerprint density at radius 2 is 2.00 bits per heavy atom. The van der Waals surface area contributed by atoms with Gasteiger partial charge >= 0.3 is 0 Å². The van der Waals surface area contributed by atoms with Gasteiger partial charge in [0.1, 0.15) is 0 Å². The van der Waals surface area contributed by atoms with Crippen LogP contribution in [0.2, 0.25) is 5.02 Å². The van der Waals surface area contributed by atoms with Crippen molar-refractivity contribution in [2.45, 2.75) is 19.9 Å². The topological polar surface area (TPSA) is 38.9 Å². The van der Waals surface area contributed by atoms with Gasteiger partial charge in [-0.25, -0.2) is 0 Å². The predicted octanol–water partition coefficient (Wildman–Crippen LogP) is 3.40. The second-order valence-electron chi connectivity index (χ2n) is 4.25. The maximum Gasteiger partial charge on any atom is 0.0581 e. The molecular formula is C14H15ClN2. The van der Waals surface area contributed by atoms with Crippen molar-refractivity contribution in [3.63, 3.8) is 0 Å². The summed E-state index contributed by atoms with van der Waals surface area (Å²) in [6.45, 7) is 3.98. The SMILES string of the molecule is Cc1cncc(C(N)c2cccc(C)c2Cl)c1. The molecule has 0 saturated heterocycles. The minimum atomic E-state index is -0.227. The monoisotopic (exact) mass is 246 g/mol. The molecule has 0 aliphatic heterocycles. The first-order valence-electron chi connectivity index (χ1n) is 5.51. The minimum absolute atomic E-state index is 0.227. The second-order valence-corrected chi connectivity index (χ2v) is 4.63. The summed E-state index contributed by atoms with van der Waals surface area (Å²) in [4.78, 5) is 4.16. The molecule has 1 aromatic carbocycles. The van der Waals surface area contributed by atoms with Gasteiger partial charge in [-0.2, -0.15) is 0 Å². The summed E-state index contributed by atoms with van der Waals surface area (Å²) >= 11 is 6.28. The van der Waals surface area contributed by atoms with Crippen molar-refractivity contribution in [3.05, 3.63) is 63.9 Å². The molecule has 0 fully saturated rings. The number of halogens is 1. The summed E-state index contributed by atoms with van der Waals surface area (Å²) in [5.74, 6) is 0. The number of nitrogens with two attached hydrogens (primary N) is 1. The molecule has 1 heterocycles. The third-order valence-electron chi connectivity index (χ3n) is 2.81. The summed E-state index contributed by atoms with van der Waals surface area (Å²) in [5.41, 5.74) is 10.3. The molecular weight excluding hydrogens is 232 g/mol. The molecule has 0 aliphatic rings. The lowest BCUT2D eigenvalue weighted by Gasteiger charge is -2.15. The van der Waals surface area contributed by atoms with E-state index in [-0.39, 0.29) is 6.04 Å². The smallest absolute Gasteiger partial charge is 0.0581 e. The summed E-state index contributed by atoms with van der Waals surface area (Å²) < 4.78 is 0. The zero-order valence-electron chi connectivity index (χ0n) is 9.94. The van der Waals surface area contributed by atoms with Crippen molar-refractivity contribution in [2.75, 3.05) is 0 Å².